The Balaban J connectivity index is 2.49. The van der Waals surface area contributed by atoms with Gasteiger partial charge in [-0.2, -0.15) is 0 Å². The highest BCUT2D eigenvalue weighted by Crippen LogP contribution is 2.36. The minimum absolute atomic E-state index is 0.186. The summed E-state index contributed by atoms with van der Waals surface area (Å²) in [6.45, 7) is 1.61. The van der Waals surface area contributed by atoms with Crippen LogP contribution in [0.1, 0.15) is 22.1 Å². The molecule has 0 saturated heterocycles. The number of alkyl halides is 1. The van der Waals surface area contributed by atoms with Crippen molar-refractivity contribution in [3.05, 3.63) is 68.2 Å². The highest BCUT2D eigenvalue weighted by Gasteiger charge is 2.19. The van der Waals surface area contributed by atoms with Crippen molar-refractivity contribution in [3.63, 3.8) is 0 Å². The van der Waals surface area contributed by atoms with Gasteiger partial charge in [0.1, 0.15) is 11.6 Å². The van der Waals surface area contributed by atoms with Crippen molar-refractivity contribution in [3.8, 4) is 0 Å². The molecule has 0 spiro atoms. The zero-order valence-electron chi connectivity index (χ0n) is 9.85. The van der Waals surface area contributed by atoms with Crippen LogP contribution in [-0.4, -0.2) is 0 Å². The third kappa shape index (κ3) is 3.10. The van der Waals surface area contributed by atoms with E-state index in [2.05, 4.69) is 15.9 Å². The second-order valence-corrected chi connectivity index (χ2v) is 5.91. The van der Waals surface area contributed by atoms with Crippen LogP contribution in [0.25, 0.3) is 0 Å². The zero-order chi connectivity index (χ0) is 14.2. The van der Waals surface area contributed by atoms with E-state index in [1.807, 2.05) is 0 Å². The molecule has 5 heteroatoms. The van der Waals surface area contributed by atoms with E-state index in [1.54, 1.807) is 19.1 Å². The first-order chi connectivity index (χ1) is 8.90. The maximum absolute atomic E-state index is 13.9. The van der Waals surface area contributed by atoms with E-state index in [0.717, 1.165) is 0 Å². The molecule has 0 N–H and O–H groups in total. The second kappa shape index (κ2) is 5.78. The first-order valence-electron chi connectivity index (χ1n) is 5.44. The van der Waals surface area contributed by atoms with Gasteiger partial charge in [-0.1, -0.05) is 33.6 Å². The molecule has 100 valence electrons. The topological polar surface area (TPSA) is 0 Å². The predicted octanol–water partition coefficient (Wildman–Crippen LogP) is 6.02. The molecule has 0 amide bonds. The van der Waals surface area contributed by atoms with E-state index >= 15 is 0 Å². The smallest absolute Gasteiger partial charge is 0.129 e. The van der Waals surface area contributed by atoms with Gasteiger partial charge in [-0.15, -0.1) is 11.6 Å². The van der Waals surface area contributed by atoms with Gasteiger partial charge in [0.05, 0.1) is 5.38 Å². The molecule has 0 nitrogen and oxygen atoms in total. The van der Waals surface area contributed by atoms with E-state index in [0.29, 0.717) is 21.2 Å². The monoisotopic (exact) mass is 364 g/mol. The Bertz CT molecular complexity index is 629. The summed E-state index contributed by atoms with van der Waals surface area (Å²) in [5, 5.41) is -0.578. The molecule has 2 aromatic carbocycles. The van der Waals surface area contributed by atoms with Crippen LogP contribution in [-0.2, 0) is 0 Å². The van der Waals surface area contributed by atoms with Crippen molar-refractivity contribution in [2.45, 2.75) is 12.3 Å². The lowest BCUT2D eigenvalue weighted by Crippen LogP contribution is -1.99. The maximum atomic E-state index is 13.9. The van der Waals surface area contributed by atoms with Gasteiger partial charge in [-0.05, 0) is 42.3 Å². The van der Waals surface area contributed by atoms with Gasteiger partial charge in [0.25, 0.3) is 0 Å². The van der Waals surface area contributed by atoms with Gasteiger partial charge in [0, 0.05) is 15.1 Å². The molecule has 0 bridgehead atoms. The normalized spacial score (nSPS) is 12.5. The lowest BCUT2D eigenvalue weighted by molar-refractivity contribution is 0.609. The van der Waals surface area contributed by atoms with Crippen LogP contribution in [0, 0.1) is 18.6 Å². The third-order valence-corrected chi connectivity index (χ3v) is 4.08. The second-order valence-electron chi connectivity index (χ2n) is 4.15. The van der Waals surface area contributed by atoms with Crippen LogP contribution in [0.2, 0.25) is 5.02 Å². The Labute approximate surface area is 128 Å². The van der Waals surface area contributed by atoms with Crippen molar-refractivity contribution >= 4 is 39.1 Å². The fourth-order valence-corrected chi connectivity index (χ4v) is 2.75. The molecule has 0 aliphatic heterocycles. The Morgan fingerprint density at radius 2 is 1.74 bits per heavy atom. The lowest BCUT2D eigenvalue weighted by atomic mass is 10.0. The van der Waals surface area contributed by atoms with E-state index in [9.17, 15) is 8.78 Å². The summed E-state index contributed by atoms with van der Waals surface area (Å²) in [4.78, 5) is 0. The molecule has 19 heavy (non-hydrogen) atoms. The number of hydrogen-bond acceptors (Lipinski definition) is 0. The van der Waals surface area contributed by atoms with Crippen LogP contribution in [0.5, 0.6) is 0 Å². The quantitative estimate of drug-likeness (QED) is 0.571. The van der Waals surface area contributed by atoms with Crippen molar-refractivity contribution in [1.29, 1.82) is 0 Å². The average Bonchev–Trinajstić information content (AvgIpc) is 2.33. The molecular formula is C14H9BrCl2F2. The third-order valence-electron chi connectivity index (χ3n) is 2.79. The molecule has 0 saturated carbocycles. The minimum Gasteiger partial charge on any atom is -0.207 e. The largest absolute Gasteiger partial charge is 0.207 e. The van der Waals surface area contributed by atoms with Crippen molar-refractivity contribution in [2.24, 2.45) is 0 Å². The van der Waals surface area contributed by atoms with Gasteiger partial charge >= 0.3 is 0 Å². The summed E-state index contributed by atoms with van der Waals surface area (Å²) in [5.41, 5.74) is 1.21. The average molecular weight is 366 g/mol. The summed E-state index contributed by atoms with van der Waals surface area (Å²) in [5.74, 6) is -0.846. The maximum Gasteiger partial charge on any atom is 0.129 e. The summed E-state index contributed by atoms with van der Waals surface area (Å²) in [6.07, 6.45) is 0. The Morgan fingerprint density at radius 3 is 2.37 bits per heavy atom. The SMILES string of the molecule is Cc1cc(C(Cl)c2ccc(Br)cc2F)c(Cl)cc1F. The summed E-state index contributed by atoms with van der Waals surface area (Å²) in [7, 11) is 0. The molecule has 0 aromatic heterocycles. The number of aryl methyl sites for hydroxylation is 1. The van der Waals surface area contributed by atoms with E-state index in [4.69, 9.17) is 23.2 Å². The van der Waals surface area contributed by atoms with Crippen molar-refractivity contribution in [2.75, 3.05) is 0 Å². The van der Waals surface area contributed by atoms with Gasteiger partial charge in [-0.25, -0.2) is 8.78 Å². The summed E-state index contributed by atoms with van der Waals surface area (Å²) < 4.78 is 27.8. The molecular weight excluding hydrogens is 357 g/mol. The molecule has 0 radical (unpaired) electrons. The van der Waals surface area contributed by atoms with Crippen LogP contribution >= 0.6 is 39.1 Å². The first kappa shape index (κ1) is 14.8. The highest BCUT2D eigenvalue weighted by atomic mass is 79.9. The van der Waals surface area contributed by atoms with Crippen LogP contribution in [0.15, 0.2) is 34.8 Å². The number of halogens is 5. The van der Waals surface area contributed by atoms with E-state index < -0.39 is 17.0 Å². The number of benzene rings is 2. The van der Waals surface area contributed by atoms with E-state index in [-0.39, 0.29) is 5.02 Å². The molecule has 2 aromatic rings. The molecule has 0 fully saturated rings. The Kier molecular flexibility index (Phi) is 4.49. The minimum atomic E-state index is -0.764. The first-order valence-corrected chi connectivity index (χ1v) is 7.05. The molecule has 1 unspecified atom stereocenters. The zero-order valence-corrected chi connectivity index (χ0v) is 13.0. The summed E-state index contributed by atoms with van der Waals surface area (Å²) in [6, 6.07) is 7.33. The van der Waals surface area contributed by atoms with Crippen molar-refractivity contribution < 1.29 is 8.78 Å². The number of rotatable bonds is 2. The Morgan fingerprint density at radius 1 is 1.05 bits per heavy atom. The van der Waals surface area contributed by atoms with Crippen LogP contribution < -0.4 is 0 Å². The predicted molar refractivity (Wildman–Crippen MR) is 77.9 cm³/mol. The van der Waals surface area contributed by atoms with Crippen LogP contribution in [0.4, 0.5) is 8.78 Å². The Hall–Kier alpha value is -0.640. The fraction of sp³-hybridized carbons (Fsp3) is 0.143. The fourth-order valence-electron chi connectivity index (χ4n) is 1.75. The summed E-state index contributed by atoms with van der Waals surface area (Å²) >= 11 is 15.4. The van der Waals surface area contributed by atoms with Gasteiger partial charge in [0.2, 0.25) is 0 Å². The van der Waals surface area contributed by atoms with Gasteiger partial charge in [0.15, 0.2) is 0 Å². The highest BCUT2D eigenvalue weighted by molar-refractivity contribution is 9.10. The molecule has 2 rings (SSSR count). The lowest BCUT2D eigenvalue weighted by Gasteiger charge is -2.14. The molecule has 1 atom stereocenters. The van der Waals surface area contributed by atoms with Gasteiger partial charge in [-0.3, -0.25) is 0 Å². The molecule has 0 aliphatic carbocycles. The molecule has 0 aliphatic rings. The van der Waals surface area contributed by atoms with Gasteiger partial charge < -0.3 is 0 Å². The van der Waals surface area contributed by atoms with E-state index in [1.165, 1.54) is 18.2 Å². The standard InChI is InChI=1S/C14H9BrCl2F2/c1-7-4-10(11(16)6-12(7)18)14(17)9-3-2-8(15)5-13(9)19/h2-6,14H,1H3. The van der Waals surface area contributed by atoms with Crippen molar-refractivity contribution in [1.82, 2.24) is 0 Å². The van der Waals surface area contributed by atoms with Crippen LogP contribution in [0.3, 0.4) is 0 Å². The number of hydrogen-bond donors (Lipinski definition) is 0. The molecule has 0 heterocycles.